The van der Waals surface area contributed by atoms with Crippen molar-refractivity contribution in [2.75, 3.05) is 49.9 Å². The zero-order chi connectivity index (χ0) is 43.3. The highest BCUT2D eigenvalue weighted by Crippen LogP contribution is 2.46. The smallest absolute Gasteiger partial charge is 0.255 e. The van der Waals surface area contributed by atoms with Crippen LogP contribution in [0.3, 0.4) is 0 Å². The van der Waals surface area contributed by atoms with Crippen molar-refractivity contribution in [3.8, 4) is 6.07 Å². The van der Waals surface area contributed by atoms with E-state index in [4.69, 9.17) is 0 Å². The fourth-order valence-electron chi connectivity index (χ4n) is 10.6. The van der Waals surface area contributed by atoms with E-state index in [0.29, 0.717) is 36.6 Å². The number of nitriles is 1. The van der Waals surface area contributed by atoms with Crippen molar-refractivity contribution >= 4 is 57.8 Å². The summed E-state index contributed by atoms with van der Waals surface area (Å²) in [5.74, 6) is 0.344. The second-order valence-electron chi connectivity index (χ2n) is 18.1. The topological polar surface area (TPSA) is 150 Å². The van der Waals surface area contributed by atoms with E-state index >= 15 is 0 Å². The molecule has 3 fully saturated rings. The molecule has 1 atom stereocenters. The van der Waals surface area contributed by atoms with Gasteiger partial charge in [-0.2, -0.15) is 5.26 Å². The number of aryl methyl sites for hydroxylation is 1. The molecule has 1 aliphatic carbocycles. The number of unbranched alkanes of at least 4 members (excludes halogenated alkanes) is 2. The van der Waals surface area contributed by atoms with Crippen LogP contribution in [0, 0.1) is 11.3 Å². The molecule has 3 saturated heterocycles. The van der Waals surface area contributed by atoms with Gasteiger partial charge in [0.25, 0.3) is 5.91 Å². The molecule has 13 heteroatoms. The largest absolute Gasteiger partial charge is 0.371 e. The van der Waals surface area contributed by atoms with E-state index in [1.165, 1.54) is 11.3 Å². The van der Waals surface area contributed by atoms with Crippen molar-refractivity contribution < 1.29 is 24.0 Å². The predicted octanol–water partition coefficient (Wildman–Crippen LogP) is 6.70. The number of hydrogen-bond acceptors (Lipinski definition) is 9. The van der Waals surface area contributed by atoms with E-state index in [1.807, 2.05) is 35.2 Å². The average Bonchev–Trinajstić information content (AvgIpc) is 3.85. The number of rotatable bonds is 11. The summed E-state index contributed by atoms with van der Waals surface area (Å²) in [6.45, 7) is 12.2. The Morgan fingerprint density at radius 1 is 0.919 bits per heavy atom. The minimum absolute atomic E-state index is 0.0489. The Labute approximate surface area is 367 Å². The molecule has 4 amide bonds. The lowest BCUT2D eigenvalue weighted by Crippen LogP contribution is -2.54. The lowest BCUT2D eigenvalue weighted by atomic mass is 9.70. The van der Waals surface area contributed by atoms with Crippen molar-refractivity contribution in [2.24, 2.45) is 0 Å². The molecule has 4 aliphatic heterocycles. The van der Waals surface area contributed by atoms with Crippen LogP contribution in [0.15, 0.2) is 53.4 Å². The Kier molecular flexibility index (Phi) is 11.5. The first-order valence-electron chi connectivity index (χ1n) is 22.4. The summed E-state index contributed by atoms with van der Waals surface area (Å²) in [5, 5.41) is 12.7. The number of piperazine rings is 1. The molecule has 0 bridgehead atoms. The van der Waals surface area contributed by atoms with Gasteiger partial charge in [-0.05, 0) is 97.4 Å². The number of aromatic amines is 1. The number of H-pyrrole nitrogens is 1. The summed E-state index contributed by atoms with van der Waals surface area (Å²) in [5.41, 5.74) is 8.46. The number of imide groups is 1. The van der Waals surface area contributed by atoms with Gasteiger partial charge >= 0.3 is 0 Å². The number of piperidine rings is 2. The van der Waals surface area contributed by atoms with Crippen molar-refractivity contribution in [2.45, 2.75) is 107 Å². The minimum atomic E-state index is -0.617. The molecule has 322 valence electrons. The maximum absolute atomic E-state index is 14.1. The number of carbonyl (C=O) groups is 5. The van der Waals surface area contributed by atoms with Crippen LogP contribution >= 0.6 is 11.8 Å². The summed E-state index contributed by atoms with van der Waals surface area (Å²) < 4.78 is 0. The summed E-state index contributed by atoms with van der Waals surface area (Å²) in [4.78, 5) is 78.0. The zero-order valence-corrected chi connectivity index (χ0v) is 36.8. The van der Waals surface area contributed by atoms with Crippen molar-refractivity contribution in [1.82, 2.24) is 25.0 Å². The Morgan fingerprint density at radius 2 is 1.71 bits per heavy atom. The summed E-state index contributed by atoms with van der Waals surface area (Å²) >= 11 is 1.72. The molecule has 1 aromatic heterocycles. The molecule has 5 aliphatic rings. The molecule has 2 N–H and O–H groups in total. The van der Waals surface area contributed by atoms with Gasteiger partial charge in [0, 0.05) is 108 Å². The molecule has 3 aromatic carbocycles. The number of fused-ring (bicyclic) bond motifs is 5. The number of nitrogens with zero attached hydrogens (tertiary/aromatic N) is 5. The number of hydrogen-bond donors (Lipinski definition) is 2. The van der Waals surface area contributed by atoms with Gasteiger partial charge in [-0.3, -0.25) is 34.2 Å². The lowest BCUT2D eigenvalue weighted by Gasteiger charge is -2.44. The highest BCUT2D eigenvalue weighted by molar-refractivity contribution is 7.99. The Morgan fingerprint density at radius 3 is 2.45 bits per heavy atom. The maximum atomic E-state index is 14.1. The van der Waals surface area contributed by atoms with Crippen LogP contribution in [0.5, 0.6) is 0 Å². The SMILES string of the molecule is CCc1cc2c(cc1N1CCC(N3CCN(C(=O)CCCCCSc4cccc5c4CN(C4CCC(=O)NC4=O)C5=O)CC3)CC1)C(C)(C)c1[nH]c3cc(C#N)ccc3c1C2=O. The van der Waals surface area contributed by atoms with Gasteiger partial charge in [0.1, 0.15) is 6.04 Å². The van der Waals surface area contributed by atoms with Crippen molar-refractivity contribution in [3.05, 3.63) is 93.2 Å². The van der Waals surface area contributed by atoms with Crippen LogP contribution in [0.1, 0.15) is 126 Å². The third kappa shape index (κ3) is 7.59. The Bertz CT molecular complexity index is 2520. The van der Waals surface area contributed by atoms with E-state index in [0.717, 1.165) is 127 Å². The molecular weight excluding hydrogens is 799 g/mol. The number of anilines is 1. The quantitative estimate of drug-likeness (QED) is 0.0956. The summed E-state index contributed by atoms with van der Waals surface area (Å²) in [6.07, 6.45) is 6.89. The summed E-state index contributed by atoms with van der Waals surface area (Å²) in [7, 11) is 0. The van der Waals surface area contributed by atoms with E-state index in [9.17, 15) is 29.2 Å². The fraction of sp³-hybridized carbons (Fsp3) is 0.469. The first-order valence-corrected chi connectivity index (χ1v) is 23.4. The molecule has 0 spiro atoms. The monoisotopic (exact) mass is 853 g/mol. The number of carbonyl (C=O) groups excluding carboxylic acids is 5. The molecule has 0 saturated carbocycles. The van der Waals surface area contributed by atoms with Crippen LogP contribution in [0.4, 0.5) is 5.69 Å². The van der Waals surface area contributed by atoms with Gasteiger partial charge in [0.15, 0.2) is 5.78 Å². The van der Waals surface area contributed by atoms with Crippen LogP contribution in [0.2, 0.25) is 0 Å². The average molecular weight is 854 g/mol. The van der Waals surface area contributed by atoms with Gasteiger partial charge in [0.2, 0.25) is 17.7 Å². The maximum Gasteiger partial charge on any atom is 0.255 e. The van der Waals surface area contributed by atoms with E-state index in [1.54, 1.807) is 22.7 Å². The summed E-state index contributed by atoms with van der Waals surface area (Å²) in [6, 6.07) is 17.8. The first-order chi connectivity index (χ1) is 30.0. The number of amides is 4. The molecule has 0 radical (unpaired) electrons. The predicted molar refractivity (Wildman–Crippen MR) is 239 cm³/mol. The Hall–Kier alpha value is -5.45. The van der Waals surface area contributed by atoms with Gasteiger partial charge in [-0.1, -0.05) is 39.3 Å². The highest BCUT2D eigenvalue weighted by Gasteiger charge is 2.42. The number of ketones is 1. The molecule has 12 nitrogen and oxygen atoms in total. The van der Waals surface area contributed by atoms with Crippen LogP contribution in [-0.2, 0) is 32.8 Å². The Balaban J connectivity index is 0.728. The molecule has 62 heavy (non-hydrogen) atoms. The minimum Gasteiger partial charge on any atom is -0.371 e. The zero-order valence-electron chi connectivity index (χ0n) is 36.0. The highest BCUT2D eigenvalue weighted by atomic mass is 32.2. The van der Waals surface area contributed by atoms with E-state index in [-0.39, 0.29) is 29.9 Å². The lowest BCUT2D eigenvalue weighted by molar-refractivity contribution is -0.137. The fourth-order valence-corrected chi connectivity index (χ4v) is 11.6. The first kappa shape index (κ1) is 41.9. The number of benzene rings is 3. The van der Waals surface area contributed by atoms with Crippen molar-refractivity contribution in [1.29, 1.82) is 5.26 Å². The van der Waals surface area contributed by atoms with Gasteiger partial charge < -0.3 is 19.7 Å². The van der Waals surface area contributed by atoms with Gasteiger partial charge in [-0.15, -0.1) is 11.8 Å². The molecule has 5 heterocycles. The van der Waals surface area contributed by atoms with Crippen LogP contribution in [-0.4, -0.2) is 106 Å². The van der Waals surface area contributed by atoms with Crippen LogP contribution < -0.4 is 10.2 Å². The number of nitrogens with one attached hydrogen (secondary N) is 2. The molecule has 1 unspecified atom stereocenters. The van der Waals surface area contributed by atoms with E-state index < -0.39 is 17.4 Å². The van der Waals surface area contributed by atoms with Gasteiger partial charge in [-0.25, -0.2) is 0 Å². The normalized spacial score (nSPS) is 20.3. The third-order valence-electron chi connectivity index (χ3n) is 14.1. The van der Waals surface area contributed by atoms with Crippen LogP contribution in [0.25, 0.3) is 10.9 Å². The van der Waals surface area contributed by atoms with E-state index in [2.05, 4.69) is 59.1 Å². The molecular formula is C49H55N7O5S. The number of thioether (sulfide) groups is 1. The number of aromatic nitrogens is 1. The molecule has 4 aromatic rings. The van der Waals surface area contributed by atoms with Crippen molar-refractivity contribution in [3.63, 3.8) is 0 Å². The third-order valence-corrected chi connectivity index (χ3v) is 15.3. The molecule has 9 rings (SSSR count). The standard InChI is InChI=1S/C49H55N7O5S/c1-4-31-26-35-37(49(2,3)46-44(45(35)59)34-13-12-30(28-50)25-38(34)51-46)27-40(31)54-18-16-32(17-19-54)53-20-22-55(23-21-53)43(58)11-6-5-7-24-62-41-10-8-9-33-36(41)29-56(48(33)61)39-14-15-42(57)52-47(39)60/h8-10,12-13,25-27,32,39,51H,4-7,11,14-24,29H2,1-3H3,(H,52,57,60). The second kappa shape index (κ2) is 17.0. The van der Waals surface area contributed by atoms with Gasteiger partial charge in [0.05, 0.1) is 17.2 Å². The second-order valence-corrected chi connectivity index (χ2v) is 19.2.